The van der Waals surface area contributed by atoms with Crippen molar-refractivity contribution in [1.82, 2.24) is 0 Å². The largest absolute Gasteiger partial charge is 0.481 e. The van der Waals surface area contributed by atoms with Crippen LogP contribution in [-0.4, -0.2) is 24.3 Å². The summed E-state index contributed by atoms with van der Waals surface area (Å²) >= 11 is 0. The number of carboxylic acids is 1. The molecule has 0 heterocycles. The molecule has 17 heavy (non-hydrogen) atoms. The number of unbranched alkanes of at least 4 members (excludes halogenated alkanes) is 2. The number of rotatable bonds is 9. The quantitative estimate of drug-likeness (QED) is 0.671. The summed E-state index contributed by atoms with van der Waals surface area (Å²) in [6.07, 6.45) is 3.83. The monoisotopic (exact) mass is 236 g/mol. The molecule has 1 aromatic carbocycles. The number of hydrogen-bond donors (Lipinski definition) is 1. The Kier molecular flexibility index (Phi) is 7.07. The van der Waals surface area contributed by atoms with Gasteiger partial charge in [-0.25, -0.2) is 0 Å². The Labute approximate surface area is 102 Å². The van der Waals surface area contributed by atoms with E-state index in [-0.39, 0.29) is 6.42 Å². The Morgan fingerprint density at radius 3 is 2.53 bits per heavy atom. The second kappa shape index (κ2) is 8.76. The number of benzene rings is 1. The van der Waals surface area contributed by atoms with Gasteiger partial charge in [-0.2, -0.15) is 0 Å². The minimum atomic E-state index is -0.713. The highest BCUT2D eigenvalue weighted by Gasteiger charge is 1.96. The summed E-state index contributed by atoms with van der Waals surface area (Å²) in [6.45, 7) is 1.47. The maximum Gasteiger partial charge on any atom is 0.303 e. The first-order valence-corrected chi connectivity index (χ1v) is 6.12. The maximum absolute atomic E-state index is 10.3. The van der Waals surface area contributed by atoms with Gasteiger partial charge in [0.25, 0.3) is 0 Å². The van der Waals surface area contributed by atoms with Gasteiger partial charge in [0, 0.05) is 13.0 Å². The summed E-state index contributed by atoms with van der Waals surface area (Å²) in [5.74, 6) is -0.713. The van der Waals surface area contributed by atoms with Gasteiger partial charge in [-0.15, -0.1) is 0 Å². The average Bonchev–Trinajstić information content (AvgIpc) is 2.33. The van der Waals surface area contributed by atoms with Gasteiger partial charge in [0.2, 0.25) is 0 Å². The number of carbonyl (C=O) groups is 1. The van der Waals surface area contributed by atoms with E-state index in [4.69, 9.17) is 9.84 Å². The van der Waals surface area contributed by atoms with Gasteiger partial charge >= 0.3 is 5.97 Å². The Morgan fingerprint density at radius 2 is 1.82 bits per heavy atom. The molecular weight excluding hydrogens is 216 g/mol. The van der Waals surface area contributed by atoms with Crippen LogP contribution in [0.3, 0.4) is 0 Å². The van der Waals surface area contributed by atoms with Crippen molar-refractivity contribution >= 4 is 5.97 Å². The van der Waals surface area contributed by atoms with Crippen LogP contribution in [0.4, 0.5) is 0 Å². The zero-order valence-corrected chi connectivity index (χ0v) is 10.1. The molecule has 0 aliphatic heterocycles. The molecule has 0 saturated carbocycles. The zero-order valence-electron chi connectivity index (χ0n) is 10.1. The number of carboxylic acid groups (broad SMARTS) is 1. The van der Waals surface area contributed by atoms with Crippen molar-refractivity contribution in [2.75, 3.05) is 13.2 Å². The molecule has 0 aromatic heterocycles. The molecule has 1 aromatic rings. The normalized spacial score (nSPS) is 10.4. The minimum Gasteiger partial charge on any atom is -0.481 e. The Morgan fingerprint density at radius 1 is 1.06 bits per heavy atom. The van der Waals surface area contributed by atoms with Crippen molar-refractivity contribution < 1.29 is 14.6 Å². The van der Waals surface area contributed by atoms with E-state index < -0.39 is 5.97 Å². The molecular formula is C14H20O3. The summed E-state index contributed by atoms with van der Waals surface area (Å²) in [6, 6.07) is 10.3. The van der Waals surface area contributed by atoms with E-state index in [2.05, 4.69) is 12.1 Å². The van der Waals surface area contributed by atoms with Gasteiger partial charge < -0.3 is 9.84 Å². The fourth-order valence-electron chi connectivity index (χ4n) is 1.59. The van der Waals surface area contributed by atoms with Gasteiger partial charge in [-0.3, -0.25) is 4.79 Å². The standard InChI is InChI=1S/C14H20O3/c15-14(16)9-5-2-6-11-17-12-10-13-7-3-1-4-8-13/h1,3-4,7-8H,2,5-6,9-12H2,(H,15,16). The molecule has 0 saturated heterocycles. The first kappa shape index (κ1) is 13.7. The van der Waals surface area contributed by atoms with Gasteiger partial charge in [0.1, 0.15) is 0 Å². The summed E-state index contributed by atoms with van der Waals surface area (Å²) in [5, 5.41) is 8.45. The Balaban J connectivity index is 1.90. The average molecular weight is 236 g/mol. The van der Waals surface area contributed by atoms with E-state index in [0.29, 0.717) is 0 Å². The van der Waals surface area contributed by atoms with Crippen LogP contribution in [0.5, 0.6) is 0 Å². The molecule has 0 fully saturated rings. The summed E-state index contributed by atoms with van der Waals surface area (Å²) in [7, 11) is 0. The Bertz CT molecular complexity index is 309. The number of hydrogen-bond acceptors (Lipinski definition) is 2. The molecule has 1 N–H and O–H groups in total. The molecule has 0 radical (unpaired) electrons. The number of aliphatic carboxylic acids is 1. The summed E-state index contributed by atoms with van der Waals surface area (Å²) < 4.78 is 5.50. The van der Waals surface area contributed by atoms with Crippen LogP contribution in [0, 0.1) is 0 Å². The van der Waals surface area contributed by atoms with Crippen LogP contribution >= 0.6 is 0 Å². The highest BCUT2D eigenvalue weighted by molar-refractivity contribution is 5.66. The maximum atomic E-state index is 10.3. The van der Waals surface area contributed by atoms with Gasteiger partial charge in [0.05, 0.1) is 6.61 Å². The van der Waals surface area contributed by atoms with E-state index in [1.54, 1.807) is 0 Å². The van der Waals surface area contributed by atoms with Gasteiger partial charge in [-0.05, 0) is 24.8 Å². The van der Waals surface area contributed by atoms with Crippen molar-refractivity contribution in [3.63, 3.8) is 0 Å². The third-order valence-corrected chi connectivity index (χ3v) is 2.56. The molecule has 0 bridgehead atoms. The fraction of sp³-hybridized carbons (Fsp3) is 0.500. The summed E-state index contributed by atoms with van der Waals surface area (Å²) in [5.41, 5.74) is 1.29. The molecule has 0 amide bonds. The molecule has 1 rings (SSSR count). The molecule has 3 heteroatoms. The third kappa shape index (κ3) is 7.53. The topological polar surface area (TPSA) is 46.5 Å². The van der Waals surface area contributed by atoms with Crippen LogP contribution < -0.4 is 0 Å². The van der Waals surface area contributed by atoms with Crippen molar-refractivity contribution in [3.05, 3.63) is 35.9 Å². The number of ether oxygens (including phenoxy) is 1. The van der Waals surface area contributed by atoms with E-state index in [0.717, 1.165) is 38.9 Å². The van der Waals surface area contributed by atoms with Crippen LogP contribution in [-0.2, 0) is 16.0 Å². The second-order valence-electron chi connectivity index (χ2n) is 4.05. The molecule has 0 spiro atoms. The van der Waals surface area contributed by atoms with Gasteiger partial charge in [-0.1, -0.05) is 36.8 Å². The lowest BCUT2D eigenvalue weighted by Gasteiger charge is -2.04. The predicted molar refractivity (Wildman–Crippen MR) is 67.1 cm³/mol. The predicted octanol–water partition coefficient (Wildman–Crippen LogP) is 2.89. The lowest BCUT2D eigenvalue weighted by Crippen LogP contribution is -2.01. The molecule has 94 valence electrons. The van der Waals surface area contributed by atoms with Crippen LogP contribution in [0.1, 0.15) is 31.2 Å². The van der Waals surface area contributed by atoms with Crippen LogP contribution in [0.15, 0.2) is 30.3 Å². The molecule has 0 aliphatic rings. The molecule has 0 unspecified atom stereocenters. The third-order valence-electron chi connectivity index (χ3n) is 2.56. The molecule has 0 aliphatic carbocycles. The van der Waals surface area contributed by atoms with Crippen molar-refractivity contribution in [2.45, 2.75) is 32.1 Å². The highest BCUT2D eigenvalue weighted by Crippen LogP contribution is 2.02. The SMILES string of the molecule is O=C(O)CCCCCOCCc1ccccc1. The minimum absolute atomic E-state index is 0.268. The van der Waals surface area contributed by atoms with E-state index >= 15 is 0 Å². The van der Waals surface area contributed by atoms with Crippen molar-refractivity contribution in [3.8, 4) is 0 Å². The van der Waals surface area contributed by atoms with Crippen LogP contribution in [0.25, 0.3) is 0 Å². The Hall–Kier alpha value is -1.35. The molecule has 0 atom stereocenters. The smallest absolute Gasteiger partial charge is 0.303 e. The summed E-state index contributed by atoms with van der Waals surface area (Å²) in [4.78, 5) is 10.3. The second-order valence-corrected chi connectivity index (χ2v) is 4.05. The van der Waals surface area contributed by atoms with Crippen LogP contribution in [0.2, 0.25) is 0 Å². The van der Waals surface area contributed by atoms with E-state index in [1.165, 1.54) is 5.56 Å². The van der Waals surface area contributed by atoms with Gasteiger partial charge in [0.15, 0.2) is 0 Å². The molecule has 3 nitrogen and oxygen atoms in total. The first-order chi connectivity index (χ1) is 8.29. The van der Waals surface area contributed by atoms with E-state index in [1.807, 2.05) is 18.2 Å². The van der Waals surface area contributed by atoms with Crippen molar-refractivity contribution in [2.24, 2.45) is 0 Å². The lowest BCUT2D eigenvalue weighted by molar-refractivity contribution is -0.137. The van der Waals surface area contributed by atoms with E-state index in [9.17, 15) is 4.79 Å². The fourth-order valence-corrected chi connectivity index (χ4v) is 1.59. The lowest BCUT2D eigenvalue weighted by atomic mass is 10.2. The highest BCUT2D eigenvalue weighted by atomic mass is 16.5. The van der Waals surface area contributed by atoms with Crippen molar-refractivity contribution in [1.29, 1.82) is 0 Å². The zero-order chi connectivity index (χ0) is 12.3. The first-order valence-electron chi connectivity index (χ1n) is 6.12.